The van der Waals surface area contributed by atoms with Crippen LogP contribution >= 0.6 is 0 Å². The van der Waals surface area contributed by atoms with Gasteiger partial charge < -0.3 is 10.1 Å². The van der Waals surface area contributed by atoms with E-state index in [0.717, 1.165) is 74.0 Å². The highest BCUT2D eigenvalue weighted by Crippen LogP contribution is 2.44. The van der Waals surface area contributed by atoms with E-state index in [1.54, 1.807) is 20.8 Å². The van der Waals surface area contributed by atoms with Crippen LogP contribution in [0, 0.1) is 5.41 Å². The Morgan fingerprint density at radius 2 is 1.36 bits per heavy atom. The molecule has 0 spiro atoms. The van der Waals surface area contributed by atoms with Gasteiger partial charge >= 0.3 is 0 Å². The summed E-state index contributed by atoms with van der Waals surface area (Å²) in [6, 6.07) is 39.4. The zero-order valence-electron chi connectivity index (χ0n) is 34.1. The van der Waals surface area contributed by atoms with Crippen molar-refractivity contribution in [2.24, 2.45) is 5.41 Å². The normalized spacial score (nSPS) is 12.9. The van der Waals surface area contributed by atoms with Gasteiger partial charge in [0.15, 0.2) is 6.04 Å². The molecule has 10 nitrogen and oxygen atoms in total. The van der Waals surface area contributed by atoms with Crippen LogP contribution in [0.2, 0.25) is 0 Å². The molecule has 58 heavy (non-hydrogen) atoms. The Hall–Kier alpha value is -5.84. The molecule has 6 rings (SSSR count). The first-order chi connectivity index (χ1) is 27.9. The predicted octanol–water partition coefficient (Wildman–Crippen LogP) is 8.87. The van der Waals surface area contributed by atoms with Crippen molar-refractivity contribution in [1.29, 1.82) is 0 Å². The maximum absolute atomic E-state index is 13.9. The lowest BCUT2D eigenvalue weighted by atomic mass is 9.87. The summed E-state index contributed by atoms with van der Waals surface area (Å²) < 4.78 is 6.21. The van der Waals surface area contributed by atoms with Crippen molar-refractivity contribution in [3.05, 3.63) is 132 Å². The van der Waals surface area contributed by atoms with Crippen molar-refractivity contribution in [2.45, 2.75) is 71.4 Å². The lowest BCUT2D eigenvalue weighted by Gasteiger charge is -2.34. The summed E-state index contributed by atoms with van der Waals surface area (Å²) in [5.41, 5.74) is 7.40. The van der Waals surface area contributed by atoms with Gasteiger partial charge in [-0.05, 0) is 84.9 Å². The molecule has 1 heterocycles. The molecule has 0 radical (unpaired) electrons. The molecule has 3 amide bonds. The fourth-order valence-corrected chi connectivity index (χ4v) is 7.21. The van der Waals surface area contributed by atoms with Crippen molar-refractivity contribution in [3.8, 4) is 39.4 Å². The molecular formula is C48H54N4O6. The number of ether oxygens (including phenoxy) is 1. The van der Waals surface area contributed by atoms with Crippen LogP contribution in [0.15, 0.2) is 121 Å². The van der Waals surface area contributed by atoms with Crippen LogP contribution in [-0.2, 0) is 24.1 Å². The van der Waals surface area contributed by atoms with E-state index in [-0.39, 0.29) is 24.5 Å². The number of pyridine rings is 1. The number of unbranched alkanes of at least 4 members (excludes halogenated alkanes) is 1. The number of benzene rings is 4. The second kappa shape index (κ2) is 19.1. The quantitative estimate of drug-likeness (QED) is 0.0477. The smallest absolute Gasteiger partial charge is 0.247 e. The maximum atomic E-state index is 13.9. The molecule has 1 unspecified atom stereocenters. The average Bonchev–Trinajstić information content (AvgIpc) is 3.55. The maximum Gasteiger partial charge on any atom is 0.247 e. The summed E-state index contributed by atoms with van der Waals surface area (Å²) in [5, 5.41) is 5.08. The SMILES string of the molecule is CC(C)(CCCCOc1cc(-c2ccccc2)cc(-c2ccccc2)n1)CNC(=O)C(CN(C=O)OCC1c2ccccc2-c2ccccc21)N(C=O)OC(C)(C)C. The summed E-state index contributed by atoms with van der Waals surface area (Å²) >= 11 is 0. The van der Waals surface area contributed by atoms with Gasteiger partial charge in [0.25, 0.3) is 0 Å². The fraction of sp³-hybridized carbons (Fsp3) is 0.333. The number of carbonyl (C=O) groups is 3. The second-order valence-corrected chi connectivity index (χ2v) is 16.4. The number of hydroxylamine groups is 4. The molecule has 0 bridgehead atoms. The zero-order chi connectivity index (χ0) is 41.1. The van der Waals surface area contributed by atoms with Crippen molar-refractivity contribution in [2.75, 3.05) is 26.3 Å². The Balaban J connectivity index is 1.04. The first kappa shape index (κ1) is 41.8. The van der Waals surface area contributed by atoms with Crippen LogP contribution in [0.5, 0.6) is 5.88 Å². The van der Waals surface area contributed by atoms with Crippen molar-refractivity contribution >= 4 is 18.7 Å². The first-order valence-corrected chi connectivity index (χ1v) is 19.9. The van der Waals surface area contributed by atoms with Gasteiger partial charge in [-0.2, -0.15) is 0 Å². The highest BCUT2D eigenvalue weighted by molar-refractivity contribution is 5.84. The van der Waals surface area contributed by atoms with Crippen molar-refractivity contribution in [3.63, 3.8) is 0 Å². The number of nitrogens with zero attached hydrogens (tertiary/aromatic N) is 3. The number of aromatic nitrogens is 1. The minimum Gasteiger partial charge on any atom is -0.478 e. The zero-order valence-corrected chi connectivity index (χ0v) is 34.1. The fourth-order valence-electron chi connectivity index (χ4n) is 7.21. The van der Waals surface area contributed by atoms with Crippen molar-refractivity contribution < 1.29 is 28.8 Å². The Morgan fingerprint density at radius 1 is 0.759 bits per heavy atom. The van der Waals surface area contributed by atoms with Crippen LogP contribution in [-0.4, -0.2) is 71.8 Å². The molecule has 302 valence electrons. The van der Waals surface area contributed by atoms with Gasteiger partial charge in [-0.3, -0.25) is 24.1 Å². The third-order valence-corrected chi connectivity index (χ3v) is 10.2. The number of amides is 3. The first-order valence-electron chi connectivity index (χ1n) is 19.9. The van der Waals surface area contributed by atoms with Gasteiger partial charge in [0, 0.05) is 24.1 Å². The molecule has 5 aromatic rings. The van der Waals surface area contributed by atoms with E-state index in [4.69, 9.17) is 19.4 Å². The Morgan fingerprint density at radius 3 is 1.97 bits per heavy atom. The highest BCUT2D eigenvalue weighted by Gasteiger charge is 2.34. The molecule has 0 saturated heterocycles. The van der Waals surface area contributed by atoms with Crippen LogP contribution in [0.1, 0.15) is 70.9 Å². The topological polar surface area (TPSA) is 110 Å². The molecule has 1 atom stereocenters. The van der Waals surface area contributed by atoms with E-state index in [2.05, 4.69) is 61.6 Å². The van der Waals surface area contributed by atoms with Crippen LogP contribution in [0.4, 0.5) is 0 Å². The summed E-state index contributed by atoms with van der Waals surface area (Å²) in [6.45, 7) is 10.3. The van der Waals surface area contributed by atoms with Gasteiger partial charge in [0.05, 0.1) is 31.1 Å². The van der Waals surface area contributed by atoms with Crippen molar-refractivity contribution in [1.82, 2.24) is 20.4 Å². The highest BCUT2D eigenvalue weighted by atomic mass is 16.7. The number of hydrogen-bond acceptors (Lipinski definition) is 7. The minimum absolute atomic E-state index is 0.108. The monoisotopic (exact) mass is 782 g/mol. The molecular weight excluding hydrogens is 729 g/mol. The van der Waals surface area contributed by atoms with Crippen LogP contribution < -0.4 is 10.1 Å². The summed E-state index contributed by atoms with van der Waals surface area (Å²) in [6.07, 6.45) is 3.45. The van der Waals surface area contributed by atoms with E-state index < -0.39 is 17.6 Å². The summed E-state index contributed by atoms with van der Waals surface area (Å²) in [4.78, 5) is 55.5. The third-order valence-electron chi connectivity index (χ3n) is 10.2. The molecule has 1 aliphatic carbocycles. The molecule has 1 N–H and O–H groups in total. The number of nitrogens with one attached hydrogen (secondary N) is 1. The molecule has 0 saturated carbocycles. The molecule has 1 aromatic heterocycles. The number of carbonyl (C=O) groups excluding carboxylic acids is 3. The minimum atomic E-state index is -1.17. The van der Waals surface area contributed by atoms with E-state index in [1.165, 1.54) is 0 Å². The largest absolute Gasteiger partial charge is 0.478 e. The molecule has 10 heteroatoms. The van der Waals surface area contributed by atoms with E-state index >= 15 is 0 Å². The Labute approximate surface area is 342 Å². The molecule has 0 aliphatic heterocycles. The number of hydrogen-bond donors (Lipinski definition) is 1. The summed E-state index contributed by atoms with van der Waals surface area (Å²) in [5.74, 6) is 0.00311. The molecule has 1 aliphatic rings. The van der Waals surface area contributed by atoms with E-state index in [0.29, 0.717) is 31.9 Å². The third kappa shape index (κ3) is 11.0. The average molecular weight is 783 g/mol. The van der Waals surface area contributed by atoms with E-state index in [1.807, 2.05) is 78.9 Å². The molecule has 0 fully saturated rings. The summed E-state index contributed by atoms with van der Waals surface area (Å²) in [7, 11) is 0. The van der Waals surface area contributed by atoms with Crippen LogP contribution in [0.3, 0.4) is 0 Å². The van der Waals surface area contributed by atoms with Gasteiger partial charge in [0.2, 0.25) is 24.6 Å². The lowest BCUT2D eigenvalue weighted by Crippen LogP contribution is -2.55. The molecule has 4 aromatic carbocycles. The standard InChI is InChI=1S/C48H54N4O6/c1-47(2,3)58-52(34-54)44(30-51(33-53)57-31-42-40-24-14-12-22-38(40)39-23-13-15-25-41(39)42)46(55)49-32-48(4,5)26-16-17-27-56-45-29-37(35-18-8-6-9-19-35)28-43(50-45)36-20-10-7-11-21-36/h6-15,18-25,28-29,33-34,42,44H,16-17,26-27,30-32H2,1-5H3,(H,49,55). The van der Waals surface area contributed by atoms with Gasteiger partial charge in [-0.15, -0.1) is 0 Å². The lowest BCUT2D eigenvalue weighted by molar-refractivity contribution is -0.241. The van der Waals surface area contributed by atoms with Gasteiger partial charge in [-0.25, -0.2) is 15.1 Å². The number of fused-ring (bicyclic) bond motifs is 3. The van der Waals surface area contributed by atoms with Gasteiger partial charge in [-0.1, -0.05) is 123 Å². The van der Waals surface area contributed by atoms with Gasteiger partial charge in [0.1, 0.15) is 0 Å². The number of rotatable bonds is 20. The van der Waals surface area contributed by atoms with Crippen LogP contribution in [0.25, 0.3) is 33.5 Å². The van der Waals surface area contributed by atoms with E-state index in [9.17, 15) is 14.4 Å². The Kier molecular flexibility index (Phi) is 13.7. The Bertz CT molecular complexity index is 2030. The second-order valence-electron chi connectivity index (χ2n) is 16.4. The predicted molar refractivity (Wildman–Crippen MR) is 226 cm³/mol.